The lowest BCUT2D eigenvalue weighted by Gasteiger charge is -2.32. The molecule has 1 aromatic carbocycles. The normalized spacial score (nSPS) is 29.1. The fourth-order valence-corrected chi connectivity index (χ4v) is 3.12. The summed E-state index contributed by atoms with van der Waals surface area (Å²) in [4.78, 5) is 7.31. The van der Waals surface area contributed by atoms with Crippen molar-refractivity contribution in [3.63, 3.8) is 0 Å². The van der Waals surface area contributed by atoms with Crippen LogP contribution >= 0.6 is 0 Å². The van der Waals surface area contributed by atoms with E-state index >= 15 is 0 Å². The van der Waals surface area contributed by atoms with Gasteiger partial charge in [0.1, 0.15) is 5.84 Å². The summed E-state index contributed by atoms with van der Waals surface area (Å²) in [6, 6.07) is 7.04. The number of rotatable bonds is 0. The molecule has 2 unspecified atom stereocenters. The molecule has 1 aromatic rings. The molecule has 0 radical (unpaired) electrons. The Balaban J connectivity index is 1.90. The van der Waals surface area contributed by atoms with Gasteiger partial charge in [-0.05, 0) is 25.0 Å². The van der Waals surface area contributed by atoms with Gasteiger partial charge < -0.3 is 4.90 Å². The van der Waals surface area contributed by atoms with E-state index in [1.807, 2.05) is 0 Å². The molecular formula is C14H14N2. The second-order valence-electron chi connectivity index (χ2n) is 4.96. The van der Waals surface area contributed by atoms with Crippen molar-refractivity contribution in [3.8, 4) is 0 Å². The zero-order chi connectivity index (χ0) is 10.7. The molecule has 3 aliphatic rings. The van der Waals surface area contributed by atoms with Crippen LogP contribution in [0.5, 0.6) is 0 Å². The quantitative estimate of drug-likeness (QED) is 0.601. The Bertz CT molecular complexity index is 528. The molecule has 1 aliphatic carbocycles. The Hall–Kier alpha value is -1.57. The Kier molecular flexibility index (Phi) is 1.48. The third-order valence-electron chi connectivity index (χ3n) is 4.04. The number of nitrogens with zero attached hydrogens (tertiary/aromatic N) is 2. The zero-order valence-electron chi connectivity index (χ0n) is 9.35. The molecule has 2 bridgehead atoms. The molecular weight excluding hydrogens is 196 g/mol. The lowest BCUT2D eigenvalue weighted by atomic mass is 10.0. The second-order valence-corrected chi connectivity index (χ2v) is 4.96. The number of amidine groups is 1. The third kappa shape index (κ3) is 0.946. The van der Waals surface area contributed by atoms with Crippen molar-refractivity contribution < 1.29 is 0 Å². The van der Waals surface area contributed by atoms with Crippen LogP contribution in [-0.2, 0) is 6.54 Å². The molecule has 0 saturated carbocycles. The van der Waals surface area contributed by atoms with Gasteiger partial charge in [0.25, 0.3) is 0 Å². The maximum atomic E-state index is 4.84. The number of aryl methyl sites for hydroxylation is 1. The Morgan fingerprint density at radius 2 is 2.25 bits per heavy atom. The lowest BCUT2D eigenvalue weighted by Crippen LogP contribution is -2.36. The van der Waals surface area contributed by atoms with Crippen molar-refractivity contribution in [2.24, 2.45) is 10.9 Å². The molecule has 1 fully saturated rings. The Labute approximate surface area is 95.3 Å². The minimum atomic E-state index is 0.582. The van der Waals surface area contributed by atoms with E-state index in [-0.39, 0.29) is 0 Å². The van der Waals surface area contributed by atoms with Crippen LogP contribution < -0.4 is 0 Å². The highest BCUT2D eigenvalue weighted by Crippen LogP contribution is 2.40. The second kappa shape index (κ2) is 2.76. The summed E-state index contributed by atoms with van der Waals surface area (Å²) in [5.41, 5.74) is 3.96. The van der Waals surface area contributed by atoms with Crippen molar-refractivity contribution in [1.82, 2.24) is 4.90 Å². The molecule has 0 spiro atoms. The maximum Gasteiger partial charge on any atom is 0.113 e. The summed E-state index contributed by atoms with van der Waals surface area (Å²) in [6.07, 6.45) is 5.90. The highest BCUT2D eigenvalue weighted by atomic mass is 15.3. The van der Waals surface area contributed by atoms with Crippen molar-refractivity contribution >= 4 is 11.5 Å². The zero-order valence-corrected chi connectivity index (χ0v) is 9.35. The van der Waals surface area contributed by atoms with E-state index in [9.17, 15) is 0 Å². The average Bonchev–Trinajstić information content (AvgIpc) is 2.88. The lowest BCUT2D eigenvalue weighted by molar-refractivity contribution is 0.377. The summed E-state index contributed by atoms with van der Waals surface area (Å²) < 4.78 is 0. The van der Waals surface area contributed by atoms with E-state index in [1.54, 1.807) is 0 Å². The average molecular weight is 210 g/mol. The smallest absolute Gasteiger partial charge is 0.113 e. The topological polar surface area (TPSA) is 15.6 Å². The molecule has 0 aromatic heterocycles. The van der Waals surface area contributed by atoms with Crippen LogP contribution in [0.1, 0.15) is 17.5 Å². The standard InChI is InChI=1S/C14H14N2/c1-9-3-2-4-13-12(9)8-16-11-6-5-10(7-11)14(16)15-13/h2-6,10-11H,7-8H2,1H3. The van der Waals surface area contributed by atoms with Crippen molar-refractivity contribution in [2.75, 3.05) is 0 Å². The molecule has 2 nitrogen and oxygen atoms in total. The molecule has 2 heterocycles. The first-order chi connectivity index (χ1) is 7.83. The molecule has 0 N–H and O–H groups in total. The van der Waals surface area contributed by atoms with Crippen molar-refractivity contribution in [2.45, 2.75) is 25.9 Å². The predicted octanol–water partition coefficient (Wildman–Crippen LogP) is 2.80. The van der Waals surface area contributed by atoms with Crippen molar-refractivity contribution in [3.05, 3.63) is 41.5 Å². The first kappa shape index (κ1) is 8.57. The third-order valence-corrected chi connectivity index (χ3v) is 4.04. The number of hydrogen-bond donors (Lipinski definition) is 0. The number of benzene rings is 1. The molecule has 1 saturated heterocycles. The summed E-state index contributed by atoms with van der Waals surface area (Å²) in [7, 11) is 0. The number of hydrogen-bond acceptors (Lipinski definition) is 2. The fraction of sp³-hybridized carbons (Fsp3) is 0.357. The molecule has 2 atom stereocenters. The minimum absolute atomic E-state index is 0.582. The molecule has 80 valence electrons. The van der Waals surface area contributed by atoms with Crippen LogP contribution in [0.2, 0.25) is 0 Å². The first-order valence-corrected chi connectivity index (χ1v) is 5.95. The van der Waals surface area contributed by atoms with E-state index < -0.39 is 0 Å². The van der Waals surface area contributed by atoms with E-state index in [1.165, 1.54) is 29.1 Å². The van der Waals surface area contributed by atoms with Crippen LogP contribution in [0.25, 0.3) is 0 Å². The van der Waals surface area contributed by atoms with Gasteiger partial charge in [-0.3, -0.25) is 0 Å². The molecule has 2 heteroatoms. The van der Waals surface area contributed by atoms with Crippen molar-refractivity contribution in [1.29, 1.82) is 0 Å². The molecule has 16 heavy (non-hydrogen) atoms. The van der Waals surface area contributed by atoms with Crippen LogP contribution in [0.4, 0.5) is 5.69 Å². The highest BCUT2D eigenvalue weighted by Gasteiger charge is 2.40. The summed E-state index contributed by atoms with van der Waals surface area (Å²) in [5.74, 6) is 1.88. The van der Waals surface area contributed by atoms with Gasteiger partial charge in [-0.15, -0.1) is 0 Å². The minimum Gasteiger partial charge on any atom is -0.349 e. The van der Waals surface area contributed by atoms with E-state index in [0.29, 0.717) is 12.0 Å². The number of fused-ring (bicyclic) bond motifs is 6. The van der Waals surface area contributed by atoms with Gasteiger partial charge in [-0.1, -0.05) is 24.3 Å². The van der Waals surface area contributed by atoms with E-state index in [2.05, 4.69) is 42.2 Å². The Morgan fingerprint density at radius 1 is 1.31 bits per heavy atom. The van der Waals surface area contributed by atoms with Gasteiger partial charge in [0.05, 0.1) is 5.69 Å². The molecule has 0 amide bonds. The van der Waals surface area contributed by atoms with Gasteiger partial charge in [0, 0.05) is 24.1 Å². The predicted molar refractivity (Wildman–Crippen MR) is 64.9 cm³/mol. The van der Waals surface area contributed by atoms with Gasteiger partial charge in [0.2, 0.25) is 0 Å². The molecule has 2 aliphatic heterocycles. The molecule has 4 rings (SSSR count). The summed E-state index contributed by atoms with van der Waals surface area (Å²) in [6.45, 7) is 3.23. The highest BCUT2D eigenvalue weighted by molar-refractivity contribution is 5.94. The SMILES string of the molecule is Cc1cccc2c1CN1C(=N2)C2C=CC1C2. The maximum absolute atomic E-state index is 4.84. The Morgan fingerprint density at radius 3 is 3.19 bits per heavy atom. The van der Waals surface area contributed by atoms with Crippen LogP contribution in [0.15, 0.2) is 35.3 Å². The van der Waals surface area contributed by atoms with Gasteiger partial charge in [0.15, 0.2) is 0 Å². The van der Waals surface area contributed by atoms with Gasteiger partial charge >= 0.3 is 0 Å². The largest absolute Gasteiger partial charge is 0.349 e. The van der Waals surface area contributed by atoms with Crippen LogP contribution in [0, 0.1) is 12.8 Å². The van der Waals surface area contributed by atoms with Crippen LogP contribution in [0.3, 0.4) is 0 Å². The van der Waals surface area contributed by atoms with Gasteiger partial charge in [-0.25, -0.2) is 4.99 Å². The van der Waals surface area contributed by atoms with Gasteiger partial charge in [-0.2, -0.15) is 0 Å². The van der Waals surface area contributed by atoms with E-state index in [0.717, 1.165) is 6.54 Å². The number of aliphatic imine (C=N–C) groups is 1. The van der Waals surface area contributed by atoms with E-state index in [4.69, 9.17) is 4.99 Å². The first-order valence-electron chi connectivity index (χ1n) is 5.95. The summed E-state index contributed by atoms with van der Waals surface area (Å²) in [5, 5.41) is 0. The summed E-state index contributed by atoms with van der Waals surface area (Å²) >= 11 is 0. The van der Waals surface area contributed by atoms with Crippen LogP contribution in [-0.4, -0.2) is 16.8 Å². The fourth-order valence-electron chi connectivity index (χ4n) is 3.12. The monoisotopic (exact) mass is 210 g/mol.